The zero-order valence-corrected chi connectivity index (χ0v) is 11.5. The van der Waals surface area contributed by atoms with Crippen LogP contribution in [0.3, 0.4) is 0 Å². The minimum absolute atomic E-state index is 0.108. The van der Waals surface area contributed by atoms with E-state index in [0.717, 1.165) is 4.47 Å². The summed E-state index contributed by atoms with van der Waals surface area (Å²) in [5.41, 5.74) is 0.745. The van der Waals surface area contributed by atoms with Gasteiger partial charge in [0.15, 0.2) is 0 Å². The average Bonchev–Trinajstić information content (AvgIpc) is 2.74. The number of aromatic nitrogens is 1. The van der Waals surface area contributed by atoms with E-state index in [1.165, 1.54) is 16.8 Å². The van der Waals surface area contributed by atoms with Crippen molar-refractivity contribution in [2.75, 3.05) is 5.32 Å². The Morgan fingerprint density at radius 1 is 1.37 bits per heavy atom. The van der Waals surface area contributed by atoms with Crippen LogP contribution < -0.4 is 5.32 Å². The van der Waals surface area contributed by atoms with Crippen LogP contribution in [0.1, 0.15) is 10.5 Å². The van der Waals surface area contributed by atoms with Gasteiger partial charge >= 0.3 is 0 Å². The second-order valence-electron chi connectivity index (χ2n) is 3.91. The van der Waals surface area contributed by atoms with Crippen molar-refractivity contribution in [2.24, 2.45) is 7.05 Å². The van der Waals surface area contributed by atoms with Gasteiger partial charge in [-0.25, -0.2) is 0 Å². The van der Waals surface area contributed by atoms with Gasteiger partial charge in [0.2, 0.25) is 0 Å². The molecule has 1 N–H and O–H groups in total. The molecule has 0 unspecified atom stereocenters. The van der Waals surface area contributed by atoms with Crippen molar-refractivity contribution in [1.29, 1.82) is 0 Å². The number of halogens is 1. The molecule has 6 nitrogen and oxygen atoms in total. The third-order valence-corrected chi connectivity index (χ3v) is 3.06. The molecular formula is C12H10BrN3O3. The van der Waals surface area contributed by atoms with Gasteiger partial charge in [-0.2, -0.15) is 0 Å². The lowest BCUT2D eigenvalue weighted by Gasteiger charge is -2.05. The number of nitro groups is 1. The number of nitrogens with zero attached hydrogens (tertiary/aromatic N) is 2. The summed E-state index contributed by atoms with van der Waals surface area (Å²) in [6.07, 6.45) is 1.30. The standard InChI is InChI=1S/C12H10BrN3O3/c1-15-7-10(16(18)19)6-11(15)12(17)14-9-4-2-8(13)3-5-9/h2-7H,1H3,(H,14,17). The molecule has 0 aliphatic rings. The van der Waals surface area contributed by atoms with E-state index in [4.69, 9.17) is 0 Å². The Hall–Kier alpha value is -2.15. The molecule has 2 aromatic rings. The maximum absolute atomic E-state index is 12.0. The summed E-state index contributed by atoms with van der Waals surface area (Å²) in [4.78, 5) is 22.1. The highest BCUT2D eigenvalue weighted by Crippen LogP contribution is 2.18. The van der Waals surface area contributed by atoms with Crippen LogP contribution in [0.4, 0.5) is 11.4 Å². The number of hydrogen-bond donors (Lipinski definition) is 1. The highest BCUT2D eigenvalue weighted by Gasteiger charge is 2.17. The molecule has 0 spiro atoms. The molecular weight excluding hydrogens is 314 g/mol. The van der Waals surface area contributed by atoms with Crippen LogP contribution >= 0.6 is 15.9 Å². The highest BCUT2D eigenvalue weighted by molar-refractivity contribution is 9.10. The number of benzene rings is 1. The number of aryl methyl sites for hydroxylation is 1. The van der Waals surface area contributed by atoms with E-state index in [0.29, 0.717) is 5.69 Å². The quantitative estimate of drug-likeness (QED) is 0.696. The number of carbonyl (C=O) groups excluding carboxylic acids is 1. The van der Waals surface area contributed by atoms with Crippen LogP contribution in [0.2, 0.25) is 0 Å². The molecule has 19 heavy (non-hydrogen) atoms. The maximum Gasteiger partial charge on any atom is 0.287 e. The third kappa shape index (κ3) is 3.00. The number of amides is 1. The first-order valence-corrected chi connectivity index (χ1v) is 6.14. The van der Waals surface area contributed by atoms with Gasteiger partial charge in [-0.15, -0.1) is 0 Å². The van der Waals surface area contributed by atoms with Crippen LogP contribution in [0.5, 0.6) is 0 Å². The monoisotopic (exact) mass is 323 g/mol. The first-order valence-electron chi connectivity index (χ1n) is 5.35. The maximum atomic E-state index is 12.0. The summed E-state index contributed by atoms with van der Waals surface area (Å²) in [5, 5.41) is 13.3. The molecule has 0 bridgehead atoms. The van der Waals surface area contributed by atoms with Crippen LogP contribution in [0.15, 0.2) is 41.0 Å². The lowest BCUT2D eigenvalue weighted by molar-refractivity contribution is -0.384. The number of carbonyl (C=O) groups is 1. The van der Waals surface area contributed by atoms with Gasteiger partial charge in [0.05, 0.1) is 11.1 Å². The molecule has 7 heteroatoms. The number of nitrogens with one attached hydrogen (secondary N) is 1. The predicted molar refractivity (Wildman–Crippen MR) is 74.2 cm³/mol. The molecule has 1 aromatic carbocycles. The van der Waals surface area contributed by atoms with Gasteiger partial charge in [-0.3, -0.25) is 14.9 Å². The molecule has 1 aromatic heterocycles. The fraction of sp³-hybridized carbons (Fsp3) is 0.0833. The van der Waals surface area contributed by atoms with Crippen LogP contribution in [0, 0.1) is 10.1 Å². The van der Waals surface area contributed by atoms with Gasteiger partial charge in [0, 0.05) is 23.3 Å². The van der Waals surface area contributed by atoms with Gasteiger partial charge in [-0.1, -0.05) is 15.9 Å². The Morgan fingerprint density at radius 3 is 2.53 bits per heavy atom. The Balaban J connectivity index is 2.20. The summed E-state index contributed by atoms with van der Waals surface area (Å²) in [7, 11) is 1.59. The molecule has 0 atom stereocenters. The van der Waals surface area contributed by atoms with Gasteiger partial charge in [0.1, 0.15) is 5.69 Å². The van der Waals surface area contributed by atoms with Crippen LogP contribution in [0.25, 0.3) is 0 Å². The fourth-order valence-corrected chi connectivity index (χ4v) is 1.87. The van der Waals surface area contributed by atoms with Crippen molar-refractivity contribution in [2.45, 2.75) is 0 Å². The van der Waals surface area contributed by atoms with E-state index >= 15 is 0 Å². The zero-order valence-electron chi connectivity index (χ0n) is 9.96. The first kappa shape index (κ1) is 13.3. The van der Waals surface area contributed by atoms with Crippen molar-refractivity contribution in [3.63, 3.8) is 0 Å². The van der Waals surface area contributed by atoms with Crippen molar-refractivity contribution in [3.05, 3.63) is 56.8 Å². The molecule has 0 radical (unpaired) electrons. The van der Waals surface area contributed by atoms with Crippen molar-refractivity contribution < 1.29 is 9.72 Å². The summed E-state index contributed by atoms with van der Waals surface area (Å²) in [6.45, 7) is 0. The van der Waals surface area contributed by atoms with E-state index in [1.807, 2.05) is 0 Å². The molecule has 0 saturated carbocycles. The predicted octanol–water partition coefficient (Wildman–Crippen LogP) is 2.95. The second-order valence-corrected chi connectivity index (χ2v) is 4.83. The normalized spacial score (nSPS) is 10.2. The first-order chi connectivity index (χ1) is 8.97. The van der Waals surface area contributed by atoms with Crippen LogP contribution in [-0.4, -0.2) is 15.4 Å². The lowest BCUT2D eigenvalue weighted by atomic mass is 10.3. The van der Waals surface area contributed by atoms with E-state index in [2.05, 4.69) is 21.2 Å². The summed E-state index contributed by atoms with van der Waals surface area (Å²) in [5.74, 6) is -0.391. The Labute approximate surface area is 117 Å². The van der Waals surface area contributed by atoms with E-state index < -0.39 is 10.8 Å². The lowest BCUT2D eigenvalue weighted by Crippen LogP contribution is -2.15. The molecule has 98 valence electrons. The fourth-order valence-electron chi connectivity index (χ4n) is 1.60. The molecule has 1 amide bonds. The molecule has 0 saturated heterocycles. The minimum Gasteiger partial charge on any atom is -0.340 e. The highest BCUT2D eigenvalue weighted by atomic mass is 79.9. The number of hydrogen-bond acceptors (Lipinski definition) is 3. The number of anilines is 1. The molecule has 2 rings (SSSR count). The molecule has 1 heterocycles. The smallest absolute Gasteiger partial charge is 0.287 e. The Bertz CT molecular complexity index is 634. The summed E-state index contributed by atoms with van der Waals surface area (Å²) < 4.78 is 2.33. The van der Waals surface area contributed by atoms with E-state index in [1.54, 1.807) is 31.3 Å². The average molecular weight is 324 g/mol. The van der Waals surface area contributed by atoms with E-state index in [-0.39, 0.29) is 11.4 Å². The molecule has 0 fully saturated rings. The topological polar surface area (TPSA) is 77.2 Å². The minimum atomic E-state index is -0.531. The van der Waals surface area contributed by atoms with Gasteiger partial charge in [-0.05, 0) is 24.3 Å². The number of rotatable bonds is 3. The third-order valence-electron chi connectivity index (χ3n) is 2.54. The van der Waals surface area contributed by atoms with Crippen molar-refractivity contribution in [3.8, 4) is 0 Å². The summed E-state index contributed by atoms with van der Waals surface area (Å²) >= 11 is 3.30. The van der Waals surface area contributed by atoms with Crippen molar-refractivity contribution in [1.82, 2.24) is 4.57 Å². The Morgan fingerprint density at radius 2 is 2.00 bits per heavy atom. The zero-order chi connectivity index (χ0) is 14.0. The second kappa shape index (κ2) is 5.23. The summed E-state index contributed by atoms with van der Waals surface area (Å²) in [6, 6.07) is 8.30. The molecule has 0 aliphatic carbocycles. The van der Waals surface area contributed by atoms with Crippen molar-refractivity contribution >= 4 is 33.2 Å². The van der Waals surface area contributed by atoms with Crippen LogP contribution in [-0.2, 0) is 7.05 Å². The molecule has 0 aliphatic heterocycles. The van der Waals surface area contributed by atoms with Gasteiger partial charge < -0.3 is 9.88 Å². The van der Waals surface area contributed by atoms with E-state index in [9.17, 15) is 14.9 Å². The Kier molecular flexibility index (Phi) is 3.66. The largest absolute Gasteiger partial charge is 0.340 e. The SMILES string of the molecule is Cn1cc([N+](=O)[O-])cc1C(=O)Nc1ccc(Br)cc1. The van der Waals surface area contributed by atoms with Gasteiger partial charge in [0.25, 0.3) is 11.6 Å².